The van der Waals surface area contributed by atoms with Gasteiger partial charge in [-0.3, -0.25) is 4.79 Å². The van der Waals surface area contributed by atoms with E-state index in [4.69, 9.17) is 5.41 Å². The van der Waals surface area contributed by atoms with Gasteiger partial charge in [-0.05, 0) is 44.5 Å². The Labute approximate surface area is 128 Å². The first-order valence-corrected chi connectivity index (χ1v) is 8.35. The van der Waals surface area contributed by atoms with Crippen molar-refractivity contribution in [3.63, 3.8) is 0 Å². The van der Waals surface area contributed by atoms with Crippen LogP contribution in [0, 0.1) is 10.8 Å². The lowest BCUT2D eigenvalue weighted by Crippen LogP contribution is -2.33. The summed E-state index contributed by atoms with van der Waals surface area (Å²) in [5, 5.41) is 13.6. The van der Waals surface area contributed by atoms with Crippen LogP contribution in [0.15, 0.2) is 29.6 Å². The number of nitrogens with one attached hydrogen (secondary N) is 2. The van der Waals surface area contributed by atoms with E-state index in [9.17, 15) is 4.79 Å². The highest BCUT2D eigenvalue weighted by molar-refractivity contribution is 7.17. The van der Waals surface area contributed by atoms with Crippen molar-refractivity contribution in [2.45, 2.75) is 25.7 Å². The minimum Gasteiger partial charge on any atom is -0.316 e. The topological polar surface area (TPSA) is 53.0 Å². The molecule has 1 aromatic carbocycles. The summed E-state index contributed by atoms with van der Waals surface area (Å²) < 4.78 is 1.18. The molecule has 1 aliphatic heterocycles. The van der Waals surface area contributed by atoms with Gasteiger partial charge in [0.15, 0.2) is 5.78 Å². The van der Waals surface area contributed by atoms with E-state index in [2.05, 4.69) is 11.4 Å². The van der Waals surface area contributed by atoms with E-state index >= 15 is 0 Å². The molecule has 1 fully saturated rings. The normalized spacial score (nSPS) is 21.7. The number of thiophene rings is 1. The van der Waals surface area contributed by atoms with Gasteiger partial charge in [-0.15, -0.1) is 11.3 Å². The lowest BCUT2D eigenvalue weighted by atomic mass is 9.75. The van der Waals surface area contributed by atoms with Crippen molar-refractivity contribution < 1.29 is 4.79 Å². The molecule has 0 saturated carbocycles. The molecule has 4 heteroatoms. The fourth-order valence-corrected chi connectivity index (χ4v) is 4.19. The van der Waals surface area contributed by atoms with Gasteiger partial charge in [0.1, 0.15) is 0 Å². The van der Waals surface area contributed by atoms with Crippen LogP contribution in [0.25, 0.3) is 10.1 Å². The van der Waals surface area contributed by atoms with Crippen molar-refractivity contribution in [2.24, 2.45) is 5.41 Å². The van der Waals surface area contributed by atoms with Crippen LogP contribution in [0.5, 0.6) is 0 Å². The molecule has 0 aliphatic carbocycles. The summed E-state index contributed by atoms with van der Waals surface area (Å²) in [6.45, 7) is 1.69. The van der Waals surface area contributed by atoms with E-state index in [1.807, 2.05) is 23.6 Å². The van der Waals surface area contributed by atoms with E-state index in [-0.39, 0.29) is 11.2 Å². The summed E-state index contributed by atoms with van der Waals surface area (Å²) in [5.74, 6) is 0.287. The molecule has 1 aliphatic rings. The third kappa shape index (κ3) is 2.65. The largest absolute Gasteiger partial charge is 0.316 e. The van der Waals surface area contributed by atoms with E-state index < -0.39 is 0 Å². The van der Waals surface area contributed by atoms with Gasteiger partial charge in [-0.1, -0.05) is 18.2 Å². The van der Waals surface area contributed by atoms with E-state index in [1.165, 1.54) is 10.9 Å². The summed E-state index contributed by atoms with van der Waals surface area (Å²) in [7, 11) is 0. The van der Waals surface area contributed by atoms with Gasteiger partial charge in [0.05, 0.1) is 0 Å². The van der Waals surface area contributed by atoms with E-state index in [0.29, 0.717) is 0 Å². The van der Waals surface area contributed by atoms with Crippen LogP contribution in [-0.2, 0) is 0 Å². The Balaban J connectivity index is 1.92. The van der Waals surface area contributed by atoms with Gasteiger partial charge in [-0.25, -0.2) is 0 Å². The number of fused-ring (bicyclic) bond motifs is 1. The predicted octanol–water partition coefficient (Wildman–Crippen LogP) is 3.88. The third-order valence-electron chi connectivity index (χ3n) is 4.45. The first-order chi connectivity index (χ1) is 10.3. The molecule has 110 valence electrons. The molecule has 0 amide bonds. The quantitative estimate of drug-likeness (QED) is 0.483. The third-order valence-corrected chi connectivity index (χ3v) is 5.42. The number of carbonyl (C=O) groups excluding carboxylic acids is 1. The summed E-state index contributed by atoms with van der Waals surface area (Å²) in [6, 6.07) is 8.14. The Morgan fingerprint density at radius 3 is 3.05 bits per heavy atom. The van der Waals surface area contributed by atoms with Gasteiger partial charge < -0.3 is 10.7 Å². The zero-order chi connectivity index (χ0) is 14.7. The summed E-state index contributed by atoms with van der Waals surface area (Å²) in [4.78, 5) is 13.1. The van der Waals surface area contributed by atoms with Crippen molar-refractivity contribution in [2.75, 3.05) is 13.1 Å². The van der Waals surface area contributed by atoms with Crippen molar-refractivity contribution >= 4 is 33.4 Å². The fourth-order valence-electron chi connectivity index (χ4n) is 3.25. The molecule has 3 rings (SSSR count). The van der Waals surface area contributed by atoms with Crippen LogP contribution in [0.1, 0.15) is 36.0 Å². The maximum atomic E-state index is 13.1. The molecule has 1 saturated heterocycles. The average molecular weight is 300 g/mol. The Hall–Kier alpha value is -1.52. The van der Waals surface area contributed by atoms with Crippen LogP contribution in [-0.4, -0.2) is 25.1 Å². The van der Waals surface area contributed by atoms with Crippen LogP contribution in [0.4, 0.5) is 0 Å². The number of ketones is 1. The van der Waals surface area contributed by atoms with Crippen LogP contribution >= 0.6 is 11.3 Å². The molecule has 0 radical (unpaired) electrons. The van der Waals surface area contributed by atoms with Gasteiger partial charge >= 0.3 is 0 Å². The van der Waals surface area contributed by atoms with Gasteiger partial charge in [0.25, 0.3) is 0 Å². The van der Waals surface area contributed by atoms with Gasteiger partial charge in [-0.2, -0.15) is 0 Å². The lowest BCUT2D eigenvalue weighted by Gasteiger charge is -2.26. The minimum absolute atomic E-state index is 0.271. The number of benzene rings is 1. The smallest absolute Gasteiger partial charge is 0.171 e. The molecule has 1 atom stereocenters. The van der Waals surface area contributed by atoms with Crippen LogP contribution in [0.2, 0.25) is 0 Å². The molecule has 1 unspecified atom stereocenters. The highest BCUT2D eigenvalue weighted by Crippen LogP contribution is 2.38. The number of carbonyl (C=O) groups is 1. The van der Waals surface area contributed by atoms with Gasteiger partial charge in [0, 0.05) is 33.0 Å². The maximum absolute atomic E-state index is 13.1. The van der Waals surface area contributed by atoms with Crippen molar-refractivity contribution in [3.05, 3.63) is 35.2 Å². The van der Waals surface area contributed by atoms with Gasteiger partial charge in [0.2, 0.25) is 0 Å². The molecule has 2 heterocycles. The molecule has 21 heavy (non-hydrogen) atoms. The number of rotatable bonds is 6. The molecular weight excluding hydrogens is 280 g/mol. The standard InChI is InChI=1S/C17H20N2OS/c18-9-4-3-7-17(8-10-19-12-17)16(20)14-11-21-15-6-2-1-5-13(14)15/h1-2,5-6,9,11,18-19H,3-4,7-8,10,12H2. The zero-order valence-electron chi connectivity index (χ0n) is 12.0. The Morgan fingerprint density at radius 1 is 1.43 bits per heavy atom. The van der Waals surface area contributed by atoms with Crippen molar-refractivity contribution in [1.29, 1.82) is 5.41 Å². The number of Topliss-reactive ketones (excluding diaryl/α,β-unsaturated/α-hetero) is 1. The molecular formula is C17H20N2OS. The molecule has 2 aromatic rings. The highest BCUT2D eigenvalue weighted by atomic mass is 32.1. The number of hydrogen-bond acceptors (Lipinski definition) is 4. The molecule has 1 aromatic heterocycles. The highest BCUT2D eigenvalue weighted by Gasteiger charge is 2.41. The Bertz CT molecular complexity index is 656. The predicted molar refractivity (Wildman–Crippen MR) is 88.7 cm³/mol. The zero-order valence-corrected chi connectivity index (χ0v) is 12.8. The van der Waals surface area contributed by atoms with Crippen LogP contribution < -0.4 is 5.32 Å². The Morgan fingerprint density at radius 2 is 2.29 bits per heavy atom. The maximum Gasteiger partial charge on any atom is 0.171 e. The summed E-state index contributed by atoms with van der Waals surface area (Å²) in [5.41, 5.74) is 0.612. The lowest BCUT2D eigenvalue weighted by molar-refractivity contribution is 0.0803. The number of unbranched alkanes of at least 4 members (excludes halogenated alkanes) is 1. The average Bonchev–Trinajstić information content (AvgIpc) is 3.14. The van der Waals surface area contributed by atoms with Crippen molar-refractivity contribution in [3.8, 4) is 0 Å². The minimum atomic E-state index is -0.271. The first kappa shape index (κ1) is 14.4. The number of hydrogen-bond donors (Lipinski definition) is 2. The molecule has 0 bridgehead atoms. The molecule has 3 nitrogen and oxygen atoms in total. The molecule has 2 N–H and O–H groups in total. The van der Waals surface area contributed by atoms with E-state index in [0.717, 1.165) is 49.7 Å². The second kappa shape index (κ2) is 6.08. The first-order valence-electron chi connectivity index (χ1n) is 7.47. The SMILES string of the molecule is N=CCCCC1(C(=O)c2csc3ccccc23)CCNC1. The Kier molecular flexibility index (Phi) is 4.17. The monoisotopic (exact) mass is 300 g/mol. The second-order valence-electron chi connectivity index (χ2n) is 5.78. The fraction of sp³-hybridized carbons (Fsp3) is 0.412. The summed E-state index contributed by atoms with van der Waals surface area (Å²) >= 11 is 1.65. The summed E-state index contributed by atoms with van der Waals surface area (Å²) in [6.07, 6.45) is 4.91. The van der Waals surface area contributed by atoms with E-state index in [1.54, 1.807) is 11.3 Å². The van der Waals surface area contributed by atoms with Crippen molar-refractivity contribution in [1.82, 2.24) is 5.32 Å². The van der Waals surface area contributed by atoms with Crippen LogP contribution in [0.3, 0.4) is 0 Å². The molecule has 0 spiro atoms. The second-order valence-corrected chi connectivity index (χ2v) is 6.69.